The lowest BCUT2D eigenvalue weighted by atomic mass is 10.2. The number of anilines is 2. The maximum absolute atomic E-state index is 11.7. The summed E-state index contributed by atoms with van der Waals surface area (Å²) >= 11 is 0. The first-order valence-electron chi connectivity index (χ1n) is 6.14. The van der Waals surface area contributed by atoms with E-state index in [0.717, 1.165) is 0 Å². The van der Waals surface area contributed by atoms with E-state index >= 15 is 0 Å². The predicted molar refractivity (Wildman–Crippen MR) is 74.2 cm³/mol. The number of amides is 2. The molecule has 0 saturated carbocycles. The zero-order chi connectivity index (χ0) is 14.5. The molecule has 1 aromatic carbocycles. The van der Waals surface area contributed by atoms with Crippen molar-refractivity contribution in [2.45, 2.75) is 13.8 Å². The quantitative estimate of drug-likeness (QED) is 0.788. The molecule has 0 aliphatic carbocycles. The number of rotatable bonds is 4. The molecule has 104 valence electrons. The van der Waals surface area contributed by atoms with Gasteiger partial charge in [0.25, 0.3) is 5.91 Å². The summed E-state index contributed by atoms with van der Waals surface area (Å²) in [6, 6.07) is 6.85. The Bertz CT molecular complexity index is 590. The summed E-state index contributed by atoms with van der Waals surface area (Å²) in [5.41, 5.74) is 1.51. The highest BCUT2D eigenvalue weighted by Crippen LogP contribution is 2.15. The average Bonchev–Trinajstić information content (AvgIpc) is 2.95. The summed E-state index contributed by atoms with van der Waals surface area (Å²) in [5, 5.41) is 15.1. The third kappa shape index (κ3) is 3.41. The van der Waals surface area contributed by atoms with Gasteiger partial charge in [-0.3, -0.25) is 9.59 Å². The number of hydrogen-bond donors (Lipinski definition) is 3. The fraction of sp³-hybridized carbons (Fsp3) is 0.231. The van der Waals surface area contributed by atoms with E-state index in [-0.39, 0.29) is 23.4 Å². The van der Waals surface area contributed by atoms with Crippen molar-refractivity contribution < 1.29 is 9.59 Å². The molecule has 0 saturated heterocycles. The molecule has 7 heteroatoms. The van der Waals surface area contributed by atoms with Gasteiger partial charge < -0.3 is 10.6 Å². The molecule has 0 bridgehead atoms. The summed E-state index contributed by atoms with van der Waals surface area (Å²) in [7, 11) is 0. The third-order valence-electron chi connectivity index (χ3n) is 2.58. The lowest BCUT2D eigenvalue weighted by Crippen LogP contribution is -2.17. The number of hydrogen-bond acceptors (Lipinski definition) is 4. The van der Waals surface area contributed by atoms with Gasteiger partial charge >= 0.3 is 0 Å². The molecule has 0 unspecified atom stereocenters. The van der Waals surface area contributed by atoms with E-state index in [2.05, 4.69) is 26.0 Å². The topological polar surface area (TPSA) is 99.8 Å². The molecule has 2 aromatic rings. The Balaban J connectivity index is 1.98. The largest absolute Gasteiger partial charge is 0.326 e. The Hall–Kier alpha value is -2.70. The molecule has 0 fully saturated rings. The fourth-order valence-corrected chi connectivity index (χ4v) is 1.43. The lowest BCUT2D eigenvalue weighted by molar-refractivity contribution is -0.118. The van der Waals surface area contributed by atoms with Crippen LogP contribution in [0.2, 0.25) is 0 Å². The zero-order valence-corrected chi connectivity index (χ0v) is 11.2. The summed E-state index contributed by atoms with van der Waals surface area (Å²) in [5.74, 6) is -0.483. The van der Waals surface area contributed by atoms with E-state index in [1.807, 2.05) is 13.8 Å². The van der Waals surface area contributed by atoms with Gasteiger partial charge in [-0.2, -0.15) is 15.4 Å². The van der Waals surface area contributed by atoms with Crippen molar-refractivity contribution in [3.63, 3.8) is 0 Å². The molecular weight excluding hydrogens is 258 g/mol. The molecule has 20 heavy (non-hydrogen) atoms. The molecule has 0 radical (unpaired) electrons. The predicted octanol–water partition coefficient (Wildman–Crippen LogP) is 1.65. The first-order chi connectivity index (χ1) is 9.56. The minimum atomic E-state index is -0.349. The van der Waals surface area contributed by atoms with Gasteiger partial charge in [0.2, 0.25) is 5.91 Å². The van der Waals surface area contributed by atoms with E-state index in [0.29, 0.717) is 11.4 Å². The molecule has 1 aromatic heterocycles. The number of benzene rings is 1. The Labute approximate surface area is 115 Å². The van der Waals surface area contributed by atoms with Crippen molar-refractivity contribution in [2.75, 3.05) is 10.6 Å². The van der Waals surface area contributed by atoms with Crippen LogP contribution in [0.1, 0.15) is 24.3 Å². The monoisotopic (exact) mass is 273 g/mol. The van der Waals surface area contributed by atoms with Gasteiger partial charge in [-0.25, -0.2) is 0 Å². The third-order valence-corrected chi connectivity index (χ3v) is 2.58. The van der Waals surface area contributed by atoms with Crippen LogP contribution < -0.4 is 10.6 Å². The van der Waals surface area contributed by atoms with Crippen LogP contribution in [-0.4, -0.2) is 27.2 Å². The number of H-pyrrole nitrogens is 1. The molecule has 3 N–H and O–H groups in total. The summed E-state index contributed by atoms with van der Waals surface area (Å²) < 4.78 is 0. The SMILES string of the molecule is CC(C)C(=O)Nc1ccc(NC(=O)c2cn[nH]n2)cc1. The lowest BCUT2D eigenvalue weighted by Gasteiger charge is -2.08. The first-order valence-corrected chi connectivity index (χ1v) is 6.14. The minimum absolute atomic E-state index is 0.0515. The van der Waals surface area contributed by atoms with Crippen molar-refractivity contribution in [2.24, 2.45) is 5.92 Å². The fourth-order valence-electron chi connectivity index (χ4n) is 1.43. The second kappa shape index (κ2) is 5.96. The van der Waals surface area contributed by atoms with Gasteiger partial charge in [0.15, 0.2) is 5.69 Å². The normalized spacial score (nSPS) is 10.3. The Morgan fingerprint density at radius 3 is 2.20 bits per heavy atom. The Morgan fingerprint density at radius 1 is 1.10 bits per heavy atom. The number of nitrogens with one attached hydrogen (secondary N) is 3. The highest BCUT2D eigenvalue weighted by Gasteiger charge is 2.09. The summed E-state index contributed by atoms with van der Waals surface area (Å²) in [6.45, 7) is 3.64. The molecule has 0 spiro atoms. The van der Waals surface area contributed by atoms with Crippen molar-refractivity contribution in [1.29, 1.82) is 0 Å². The molecular formula is C13H15N5O2. The van der Waals surface area contributed by atoms with E-state index in [9.17, 15) is 9.59 Å². The van der Waals surface area contributed by atoms with Crippen molar-refractivity contribution in [3.8, 4) is 0 Å². The van der Waals surface area contributed by atoms with Gasteiger partial charge in [-0.15, -0.1) is 0 Å². The minimum Gasteiger partial charge on any atom is -0.326 e. The molecule has 2 amide bonds. The average molecular weight is 273 g/mol. The van der Waals surface area contributed by atoms with Gasteiger partial charge in [0.1, 0.15) is 0 Å². The highest BCUT2D eigenvalue weighted by molar-refractivity contribution is 6.02. The van der Waals surface area contributed by atoms with Crippen LogP contribution in [0.5, 0.6) is 0 Å². The Kier molecular flexibility index (Phi) is 4.09. The Morgan fingerprint density at radius 2 is 1.70 bits per heavy atom. The van der Waals surface area contributed by atoms with Crippen LogP contribution in [-0.2, 0) is 4.79 Å². The summed E-state index contributed by atoms with van der Waals surface area (Å²) in [4.78, 5) is 23.3. The van der Waals surface area contributed by atoms with Crippen LogP contribution in [0, 0.1) is 5.92 Å². The molecule has 0 atom stereocenters. The second-order valence-electron chi connectivity index (χ2n) is 4.53. The zero-order valence-electron chi connectivity index (χ0n) is 11.2. The van der Waals surface area contributed by atoms with E-state index in [1.165, 1.54) is 6.20 Å². The number of aromatic amines is 1. The van der Waals surface area contributed by atoms with E-state index in [1.54, 1.807) is 24.3 Å². The highest BCUT2D eigenvalue weighted by atomic mass is 16.2. The maximum atomic E-state index is 11.7. The number of carbonyl (C=O) groups excluding carboxylic acids is 2. The second-order valence-corrected chi connectivity index (χ2v) is 4.53. The van der Waals surface area contributed by atoms with Gasteiger partial charge in [-0.05, 0) is 24.3 Å². The van der Waals surface area contributed by atoms with Crippen LogP contribution in [0.4, 0.5) is 11.4 Å². The molecule has 0 aliphatic heterocycles. The maximum Gasteiger partial charge on any atom is 0.277 e. The summed E-state index contributed by atoms with van der Waals surface area (Å²) in [6.07, 6.45) is 1.34. The van der Waals surface area contributed by atoms with E-state index < -0.39 is 0 Å². The van der Waals surface area contributed by atoms with Gasteiger partial charge in [0.05, 0.1) is 6.20 Å². The first kappa shape index (κ1) is 13.7. The van der Waals surface area contributed by atoms with Crippen LogP contribution in [0.25, 0.3) is 0 Å². The molecule has 0 aliphatic rings. The molecule has 2 rings (SSSR count). The van der Waals surface area contributed by atoms with Crippen LogP contribution in [0.3, 0.4) is 0 Å². The molecule has 7 nitrogen and oxygen atoms in total. The van der Waals surface area contributed by atoms with Crippen molar-refractivity contribution >= 4 is 23.2 Å². The van der Waals surface area contributed by atoms with Crippen LogP contribution >= 0.6 is 0 Å². The smallest absolute Gasteiger partial charge is 0.277 e. The number of carbonyl (C=O) groups is 2. The van der Waals surface area contributed by atoms with Crippen LogP contribution in [0.15, 0.2) is 30.5 Å². The van der Waals surface area contributed by atoms with E-state index in [4.69, 9.17) is 0 Å². The number of nitrogens with zero attached hydrogens (tertiary/aromatic N) is 2. The standard InChI is InChI=1S/C13H15N5O2/c1-8(2)12(19)15-9-3-5-10(6-4-9)16-13(20)11-7-14-18-17-11/h3-8H,1-2H3,(H,15,19)(H,16,20)(H,14,17,18). The van der Waals surface area contributed by atoms with Gasteiger partial charge in [-0.1, -0.05) is 13.8 Å². The van der Waals surface area contributed by atoms with Crippen molar-refractivity contribution in [1.82, 2.24) is 15.4 Å². The number of aromatic nitrogens is 3. The van der Waals surface area contributed by atoms with Gasteiger partial charge in [0, 0.05) is 17.3 Å². The van der Waals surface area contributed by atoms with Crippen molar-refractivity contribution in [3.05, 3.63) is 36.2 Å². The molecule has 1 heterocycles.